The Morgan fingerprint density at radius 3 is 2.24 bits per heavy atom. The fourth-order valence-electron chi connectivity index (χ4n) is 4.07. The number of hydrogen-bond acceptors (Lipinski definition) is 2. The van der Waals surface area contributed by atoms with Crippen molar-refractivity contribution in [3.05, 3.63) is 42.0 Å². The highest BCUT2D eigenvalue weighted by Gasteiger charge is 2.39. The van der Waals surface area contributed by atoms with Gasteiger partial charge in [-0.2, -0.15) is 26.3 Å². The van der Waals surface area contributed by atoms with Crippen molar-refractivity contribution in [1.82, 2.24) is 10.2 Å². The Balaban J connectivity index is 1.64. The summed E-state index contributed by atoms with van der Waals surface area (Å²) in [4.78, 5) is 2.31. The van der Waals surface area contributed by atoms with Gasteiger partial charge in [0.25, 0.3) is 0 Å². The van der Waals surface area contributed by atoms with Gasteiger partial charge in [-0.15, -0.1) is 6.58 Å². The lowest BCUT2D eigenvalue weighted by Crippen LogP contribution is -2.56. The van der Waals surface area contributed by atoms with Crippen LogP contribution >= 0.6 is 12.2 Å². The van der Waals surface area contributed by atoms with E-state index in [-0.39, 0.29) is 22.9 Å². The van der Waals surface area contributed by atoms with Crippen molar-refractivity contribution in [3.63, 3.8) is 0 Å². The smallest absolute Gasteiger partial charge is 0.361 e. The molecule has 2 bridgehead atoms. The zero-order valence-electron chi connectivity index (χ0n) is 15.4. The van der Waals surface area contributed by atoms with E-state index < -0.39 is 23.5 Å². The number of fused-ring (bicyclic) bond motifs is 3. The van der Waals surface area contributed by atoms with Crippen LogP contribution < -0.4 is 10.6 Å². The van der Waals surface area contributed by atoms with E-state index in [9.17, 15) is 26.3 Å². The normalized spacial score (nSPS) is 26.8. The van der Waals surface area contributed by atoms with Crippen LogP contribution in [-0.2, 0) is 12.4 Å². The molecule has 1 aromatic carbocycles. The Morgan fingerprint density at radius 2 is 1.76 bits per heavy atom. The summed E-state index contributed by atoms with van der Waals surface area (Å²) in [6.45, 7) is 6.20. The zero-order valence-corrected chi connectivity index (χ0v) is 16.2. The number of piperidine rings is 3. The number of alkyl halides is 6. The van der Waals surface area contributed by atoms with Crippen molar-refractivity contribution >= 4 is 23.0 Å². The van der Waals surface area contributed by atoms with Crippen molar-refractivity contribution in [2.75, 3.05) is 25.0 Å². The third-order valence-electron chi connectivity index (χ3n) is 5.58. The molecule has 0 spiro atoms. The number of nitrogens with zero attached hydrogens (tertiary/aromatic N) is 1. The number of anilines is 1. The van der Waals surface area contributed by atoms with Gasteiger partial charge in [0.05, 0.1) is 11.1 Å². The van der Waals surface area contributed by atoms with Gasteiger partial charge in [0, 0.05) is 24.8 Å². The average Bonchev–Trinajstić information content (AvgIpc) is 2.65. The predicted molar refractivity (Wildman–Crippen MR) is 102 cm³/mol. The molecule has 3 aliphatic rings. The summed E-state index contributed by atoms with van der Waals surface area (Å²) in [5, 5.41) is 5.37. The Bertz CT molecular complexity index is 744. The summed E-state index contributed by atoms with van der Waals surface area (Å²) in [6, 6.07) is 1.54. The van der Waals surface area contributed by atoms with Crippen LogP contribution in [0.3, 0.4) is 0 Å². The first kappa shape index (κ1) is 21.9. The lowest BCUT2D eigenvalue weighted by Gasteiger charge is -2.49. The van der Waals surface area contributed by atoms with Gasteiger partial charge in [0.15, 0.2) is 5.11 Å². The third-order valence-corrected chi connectivity index (χ3v) is 5.82. The summed E-state index contributed by atoms with van der Waals surface area (Å²) < 4.78 is 77.7. The summed E-state index contributed by atoms with van der Waals surface area (Å²) in [6.07, 6.45) is -5.78. The van der Waals surface area contributed by atoms with Crippen molar-refractivity contribution in [3.8, 4) is 0 Å². The average molecular weight is 437 g/mol. The SMILES string of the molecule is C=C[C@H]1CN2CCC1C[C@H]2CNC(=S)Nc1cc(C(F)(F)F)cc(C(F)(F)F)c1. The first-order chi connectivity index (χ1) is 13.5. The van der Waals surface area contributed by atoms with Crippen LogP contribution in [0, 0.1) is 11.8 Å². The number of hydrogen-bond donors (Lipinski definition) is 2. The van der Waals surface area contributed by atoms with Crippen LogP contribution in [0.2, 0.25) is 0 Å². The van der Waals surface area contributed by atoms with Gasteiger partial charge in [-0.1, -0.05) is 6.08 Å². The van der Waals surface area contributed by atoms with Crippen LogP contribution in [-0.4, -0.2) is 35.7 Å². The van der Waals surface area contributed by atoms with Crippen LogP contribution in [0.25, 0.3) is 0 Å². The number of nitrogens with one attached hydrogen (secondary N) is 2. The second-order valence-corrected chi connectivity index (χ2v) is 7.87. The first-order valence-corrected chi connectivity index (χ1v) is 9.59. The van der Waals surface area contributed by atoms with E-state index in [4.69, 9.17) is 12.2 Å². The second-order valence-electron chi connectivity index (χ2n) is 7.46. The molecule has 2 unspecified atom stereocenters. The minimum absolute atomic E-state index is 0.0135. The zero-order chi connectivity index (χ0) is 21.4. The molecule has 2 N–H and O–H groups in total. The monoisotopic (exact) mass is 437 g/mol. The quantitative estimate of drug-likeness (QED) is 0.398. The lowest BCUT2D eigenvalue weighted by molar-refractivity contribution is -0.143. The van der Waals surface area contributed by atoms with Crippen LogP contribution in [0.5, 0.6) is 0 Å². The molecule has 160 valence electrons. The molecule has 3 saturated heterocycles. The Morgan fingerprint density at radius 1 is 1.14 bits per heavy atom. The summed E-state index contributed by atoms with van der Waals surface area (Å²) in [7, 11) is 0. The van der Waals surface area contributed by atoms with Crippen molar-refractivity contribution in [2.45, 2.75) is 31.2 Å². The van der Waals surface area contributed by atoms with E-state index in [1.165, 1.54) is 0 Å². The maximum atomic E-state index is 13.0. The maximum Gasteiger partial charge on any atom is 0.416 e. The van der Waals surface area contributed by atoms with Crippen molar-refractivity contribution in [2.24, 2.45) is 11.8 Å². The highest BCUT2D eigenvalue weighted by molar-refractivity contribution is 7.80. The van der Waals surface area contributed by atoms with E-state index in [1.54, 1.807) is 0 Å². The van der Waals surface area contributed by atoms with Crippen molar-refractivity contribution in [1.29, 1.82) is 0 Å². The molecule has 0 saturated carbocycles. The Hall–Kier alpha value is -1.81. The van der Waals surface area contributed by atoms with Gasteiger partial charge in [-0.3, -0.25) is 4.90 Å². The molecule has 1 aromatic rings. The van der Waals surface area contributed by atoms with E-state index in [1.807, 2.05) is 6.08 Å². The molecule has 3 heterocycles. The Labute approximate surface area is 170 Å². The first-order valence-electron chi connectivity index (χ1n) is 9.18. The molecular weight excluding hydrogens is 416 g/mol. The third kappa shape index (κ3) is 5.22. The summed E-state index contributed by atoms with van der Waals surface area (Å²) >= 11 is 5.09. The molecule has 4 atom stereocenters. The highest BCUT2D eigenvalue weighted by atomic mass is 32.1. The number of thiocarbonyl (C=S) groups is 1. The molecule has 10 heteroatoms. The molecule has 0 aromatic heterocycles. The topological polar surface area (TPSA) is 27.3 Å². The van der Waals surface area contributed by atoms with Crippen LogP contribution in [0.15, 0.2) is 30.9 Å². The molecule has 3 aliphatic heterocycles. The van der Waals surface area contributed by atoms with Gasteiger partial charge in [-0.25, -0.2) is 0 Å². The molecule has 4 rings (SSSR count). The molecule has 0 aliphatic carbocycles. The second kappa shape index (κ2) is 8.14. The van der Waals surface area contributed by atoms with Gasteiger partial charge in [0.1, 0.15) is 0 Å². The number of halogens is 6. The predicted octanol–water partition coefficient (Wildman–Crippen LogP) is 4.91. The van der Waals surface area contributed by atoms with E-state index in [0.717, 1.165) is 25.9 Å². The minimum Gasteiger partial charge on any atom is -0.361 e. The van der Waals surface area contributed by atoms with Gasteiger partial charge in [0.2, 0.25) is 0 Å². The molecule has 0 amide bonds. The van der Waals surface area contributed by atoms with E-state index in [2.05, 4.69) is 22.1 Å². The molecule has 3 nitrogen and oxygen atoms in total. The lowest BCUT2D eigenvalue weighted by atomic mass is 9.76. The van der Waals surface area contributed by atoms with Crippen LogP contribution in [0.1, 0.15) is 24.0 Å². The standard InChI is InChI=1S/C19H21F6N3S/c1-2-11-10-28-4-3-12(11)5-16(28)9-26-17(29)27-15-7-13(18(20,21)22)6-14(8-15)19(23,24)25/h2,6-8,11-12,16H,1,3-5,9-10H2,(H2,26,27,29)/t11-,12?,16-/m0/s1. The summed E-state index contributed by atoms with van der Waals surface area (Å²) in [5.74, 6) is 1.000. The molecule has 29 heavy (non-hydrogen) atoms. The van der Waals surface area contributed by atoms with Gasteiger partial charge >= 0.3 is 12.4 Å². The number of benzene rings is 1. The van der Waals surface area contributed by atoms with Crippen LogP contribution in [0.4, 0.5) is 32.0 Å². The molecular formula is C19H21F6N3S. The number of rotatable bonds is 4. The maximum absolute atomic E-state index is 13.0. The van der Waals surface area contributed by atoms with Gasteiger partial charge in [-0.05, 0) is 61.6 Å². The molecule has 3 fully saturated rings. The van der Waals surface area contributed by atoms with E-state index in [0.29, 0.717) is 30.5 Å². The fourth-order valence-corrected chi connectivity index (χ4v) is 4.27. The Kier molecular flexibility index (Phi) is 6.14. The minimum atomic E-state index is -4.90. The van der Waals surface area contributed by atoms with Crippen molar-refractivity contribution < 1.29 is 26.3 Å². The highest BCUT2D eigenvalue weighted by Crippen LogP contribution is 2.38. The van der Waals surface area contributed by atoms with E-state index >= 15 is 0 Å². The molecule has 0 radical (unpaired) electrons. The fraction of sp³-hybridized carbons (Fsp3) is 0.526. The largest absolute Gasteiger partial charge is 0.416 e. The van der Waals surface area contributed by atoms with Gasteiger partial charge < -0.3 is 10.6 Å². The summed E-state index contributed by atoms with van der Waals surface area (Å²) in [5.41, 5.74) is -3.13.